The topological polar surface area (TPSA) is 132 Å². The van der Waals surface area contributed by atoms with Gasteiger partial charge in [-0.1, -0.05) is 38.1 Å². The molecular weight excluding hydrogens is 538 g/mol. The molecule has 0 radical (unpaired) electrons. The number of amides is 1. The molecule has 0 saturated carbocycles. The van der Waals surface area contributed by atoms with E-state index in [-0.39, 0.29) is 29.2 Å². The molecule has 3 aromatic rings. The summed E-state index contributed by atoms with van der Waals surface area (Å²) in [6, 6.07) is 11.8. The Balaban J connectivity index is 1.42. The fraction of sp³-hybridized carbons (Fsp3) is 0.444. The average Bonchev–Trinajstić information content (AvgIpc) is 3.29. The molecule has 3 N–H and O–H groups in total. The highest BCUT2D eigenvalue weighted by molar-refractivity contribution is 7.89. The fourth-order valence-electron chi connectivity index (χ4n) is 5.20. The van der Waals surface area contributed by atoms with Crippen LogP contribution in [0, 0.1) is 5.41 Å². The molecule has 1 fully saturated rings. The molecule has 1 amide bonds. The van der Waals surface area contributed by atoms with Gasteiger partial charge in [0.1, 0.15) is 10.9 Å². The molecule has 1 atom stereocenters. The molecule has 12 heteroatoms. The molecule has 2 aliphatic rings. The van der Waals surface area contributed by atoms with Crippen molar-refractivity contribution in [3.8, 4) is 0 Å². The van der Waals surface area contributed by atoms with Gasteiger partial charge in [-0.05, 0) is 35.6 Å². The van der Waals surface area contributed by atoms with E-state index in [1.54, 1.807) is 21.9 Å². The van der Waals surface area contributed by atoms with Crippen molar-refractivity contribution in [1.82, 2.24) is 19.5 Å². The number of rotatable bonds is 8. The van der Waals surface area contributed by atoms with Crippen molar-refractivity contribution in [3.05, 3.63) is 53.0 Å². The van der Waals surface area contributed by atoms with Gasteiger partial charge in [-0.2, -0.15) is 4.72 Å². The molecule has 2 aromatic carbocycles. The van der Waals surface area contributed by atoms with Gasteiger partial charge >= 0.3 is 5.97 Å². The van der Waals surface area contributed by atoms with E-state index in [9.17, 15) is 18.0 Å². The zero-order chi connectivity index (χ0) is 27.8. The summed E-state index contributed by atoms with van der Waals surface area (Å²) in [5.74, 6) is -1.26. The second-order valence-electron chi connectivity index (χ2n) is 10.9. The summed E-state index contributed by atoms with van der Waals surface area (Å²) in [6.07, 6.45) is 0.857. The standard InChI is InChI=1S/C27H33N5O5S2/c1-27(2)15-18-6-5-9-22(25(18)28-17-27)39(36,37)30-20(14-23-29-19-7-3-4-8-21(19)38-23)26(35)32-12-10-31(11-13-32)16-24(33)34/h3-9,20,28,30H,10-17H2,1-2H3,(H,33,34)/t20-/m0/s1. The number of nitrogens with zero attached hydrogens (tertiary/aromatic N) is 3. The molecule has 0 spiro atoms. The average molecular weight is 572 g/mol. The second-order valence-corrected chi connectivity index (χ2v) is 13.7. The number of carbonyl (C=O) groups is 2. The van der Waals surface area contributed by atoms with Crippen molar-refractivity contribution in [2.75, 3.05) is 44.6 Å². The van der Waals surface area contributed by atoms with Crippen LogP contribution in [0.5, 0.6) is 0 Å². The number of nitrogens with one attached hydrogen (secondary N) is 2. The molecule has 39 heavy (non-hydrogen) atoms. The first kappa shape index (κ1) is 27.5. The van der Waals surface area contributed by atoms with Gasteiger partial charge in [0.2, 0.25) is 15.9 Å². The van der Waals surface area contributed by atoms with E-state index in [4.69, 9.17) is 5.11 Å². The number of thiazole rings is 1. The number of carboxylic acid groups (broad SMARTS) is 1. The molecule has 208 valence electrons. The lowest BCUT2D eigenvalue weighted by Gasteiger charge is -2.36. The van der Waals surface area contributed by atoms with Crippen LogP contribution in [0.15, 0.2) is 47.4 Å². The number of carbonyl (C=O) groups excluding carboxylic acids is 1. The van der Waals surface area contributed by atoms with Crippen LogP contribution in [-0.4, -0.2) is 85.5 Å². The van der Waals surface area contributed by atoms with Crippen LogP contribution >= 0.6 is 11.3 Å². The third-order valence-electron chi connectivity index (χ3n) is 7.17. The number of carboxylic acids is 1. The van der Waals surface area contributed by atoms with E-state index in [2.05, 4.69) is 28.9 Å². The van der Waals surface area contributed by atoms with Crippen LogP contribution < -0.4 is 10.0 Å². The normalized spacial score (nSPS) is 18.4. The predicted octanol–water partition coefficient (Wildman–Crippen LogP) is 2.41. The lowest BCUT2D eigenvalue weighted by molar-refractivity contribution is -0.139. The maximum Gasteiger partial charge on any atom is 0.317 e. The summed E-state index contributed by atoms with van der Waals surface area (Å²) < 4.78 is 31.3. The molecule has 10 nitrogen and oxygen atoms in total. The summed E-state index contributed by atoms with van der Waals surface area (Å²) in [6.45, 7) is 6.27. The first-order valence-electron chi connectivity index (χ1n) is 13.0. The number of fused-ring (bicyclic) bond motifs is 2. The lowest BCUT2D eigenvalue weighted by atomic mass is 9.82. The zero-order valence-corrected chi connectivity index (χ0v) is 23.6. The van der Waals surface area contributed by atoms with Gasteiger partial charge in [0, 0.05) is 39.1 Å². The number of anilines is 1. The van der Waals surface area contributed by atoms with Gasteiger partial charge < -0.3 is 15.3 Å². The number of hydrogen-bond donors (Lipinski definition) is 3. The largest absolute Gasteiger partial charge is 0.480 e. The summed E-state index contributed by atoms with van der Waals surface area (Å²) in [4.78, 5) is 33.0. The molecule has 0 unspecified atom stereocenters. The quantitative estimate of drug-likeness (QED) is 0.376. The molecule has 1 saturated heterocycles. The monoisotopic (exact) mass is 571 g/mol. The van der Waals surface area contributed by atoms with Crippen molar-refractivity contribution in [2.45, 2.75) is 37.6 Å². The van der Waals surface area contributed by atoms with Gasteiger partial charge in [0.05, 0.1) is 27.5 Å². The maximum atomic E-state index is 13.8. The van der Waals surface area contributed by atoms with Crippen molar-refractivity contribution in [3.63, 3.8) is 0 Å². The Bertz CT molecular complexity index is 1460. The molecular formula is C27H33N5O5S2. The van der Waals surface area contributed by atoms with Crippen molar-refractivity contribution in [2.24, 2.45) is 5.41 Å². The van der Waals surface area contributed by atoms with Gasteiger partial charge in [-0.15, -0.1) is 11.3 Å². The number of sulfonamides is 1. The lowest BCUT2D eigenvalue weighted by Crippen LogP contribution is -2.56. The van der Waals surface area contributed by atoms with Crippen molar-refractivity contribution >= 4 is 49.1 Å². The molecule has 5 rings (SSSR count). The van der Waals surface area contributed by atoms with Crippen molar-refractivity contribution < 1.29 is 23.1 Å². The minimum Gasteiger partial charge on any atom is -0.480 e. The first-order valence-corrected chi connectivity index (χ1v) is 15.3. The van der Waals surface area contributed by atoms with Crippen LogP contribution in [0.1, 0.15) is 24.4 Å². The Labute approximate surface area is 232 Å². The SMILES string of the molecule is CC1(C)CNc2c(cccc2S(=O)(=O)N[C@@H](Cc2nc3ccccc3s2)C(=O)N2CCN(CC(=O)O)CC2)C1. The van der Waals surface area contributed by atoms with Gasteiger partial charge in [-0.25, -0.2) is 13.4 Å². The zero-order valence-electron chi connectivity index (χ0n) is 22.0. The molecule has 1 aromatic heterocycles. The van der Waals surface area contributed by atoms with Crippen LogP contribution in [0.25, 0.3) is 10.2 Å². The number of aliphatic carboxylic acids is 1. The number of aromatic nitrogens is 1. The van der Waals surface area contributed by atoms with Crippen molar-refractivity contribution in [1.29, 1.82) is 0 Å². The van der Waals surface area contributed by atoms with E-state index in [0.717, 1.165) is 22.2 Å². The van der Waals surface area contributed by atoms with E-state index in [1.165, 1.54) is 11.3 Å². The van der Waals surface area contributed by atoms with Gasteiger partial charge in [0.15, 0.2) is 0 Å². The van der Waals surface area contributed by atoms with Gasteiger partial charge in [-0.3, -0.25) is 14.5 Å². The highest BCUT2D eigenvalue weighted by Crippen LogP contribution is 2.36. The Morgan fingerprint density at radius 2 is 1.87 bits per heavy atom. The van der Waals surface area contributed by atoms with Crippen LogP contribution in [0.3, 0.4) is 0 Å². The fourth-order valence-corrected chi connectivity index (χ4v) is 7.63. The third kappa shape index (κ3) is 6.24. The summed E-state index contributed by atoms with van der Waals surface area (Å²) in [7, 11) is -4.07. The highest BCUT2D eigenvalue weighted by Gasteiger charge is 2.35. The van der Waals surface area contributed by atoms with E-state index < -0.39 is 22.0 Å². The Morgan fingerprint density at radius 1 is 1.13 bits per heavy atom. The second kappa shape index (κ2) is 10.8. The van der Waals surface area contributed by atoms with E-state index in [0.29, 0.717) is 43.4 Å². The Kier molecular flexibility index (Phi) is 7.64. The number of hydrogen-bond acceptors (Lipinski definition) is 8. The smallest absolute Gasteiger partial charge is 0.317 e. The Morgan fingerprint density at radius 3 is 2.59 bits per heavy atom. The first-order chi connectivity index (χ1) is 18.5. The molecule has 3 heterocycles. The Hall–Kier alpha value is -3.06. The van der Waals surface area contributed by atoms with E-state index in [1.807, 2.05) is 30.3 Å². The minimum absolute atomic E-state index is 0.00303. The summed E-state index contributed by atoms with van der Waals surface area (Å²) in [5, 5.41) is 13.1. The number of benzene rings is 2. The third-order valence-corrected chi connectivity index (χ3v) is 9.74. The summed E-state index contributed by atoms with van der Waals surface area (Å²) >= 11 is 1.44. The predicted molar refractivity (Wildman–Crippen MR) is 151 cm³/mol. The number of piperazine rings is 1. The maximum absolute atomic E-state index is 13.8. The van der Waals surface area contributed by atoms with Gasteiger partial charge in [0.25, 0.3) is 0 Å². The molecule has 2 aliphatic heterocycles. The minimum atomic E-state index is -4.07. The van der Waals surface area contributed by atoms with Crippen LogP contribution in [-0.2, 0) is 32.5 Å². The summed E-state index contributed by atoms with van der Waals surface area (Å²) in [5.41, 5.74) is 2.31. The van der Waals surface area contributed by atoms with E-state index >= 15 is 0 Å². The molecule has 0 bridgehead atoms. The van der Waals surface area contributed by atoms with Crippen LogP contribution in [0.4, 0.5) is 5.69 Å². The number of para-hydroxylation sites is 2. The molecule has 0 aliphatic carbocycles. The van der Waals surface area contributed by atoms with Crippen LogP contribution in [0.2, 0.25) is 0 Å². The highest BCUT2D eigenvalue weighted by atomic mass is 32.2.